The SMILES string of the molecule is CC(C)(C)OC(=O)NC1CCN(Cc2ccc(F)cc2Cl)CC1. The number of hydrogen-bond acceptors (Lipinski definition) is 3. The van der Waals surface area contributed by atoms with E-state index in [2.05, 4.69) is 10.2 Å². The molecular weight excluding hydrogens is 319 g/mol. The third-order valence-electron chi connectivity index (χ3n) is 3.72. The average molecular weight is 343 g/mol. The van der Waals surface area contributed by atoms with Crippen LogP contribution in [0.2, 0.25) is 5.02 Å². The van der Waals surface area contributed by atoms with Gasteiger partial charge in [-0.3, -0.25) is 4.90 Å². The number of halogens is 2. The highest BCUT2D eigenvalue weighted by Crippen LogP contribution is 2.21. The number of piperidine rings is 1. The van der Waals surface area contributed by atoms with Gasteiger partial charge in [-0.2, -0.15) is 0 Å². The maximum absolute atomic E-state index is 13.1. The van der Waals surface area contributed by atoms with Crippen molar-refractivity contribution in [2.75, 3.05) is 13.1 Å². The molecule has 1 fully saturated rings. The number of nitrogens with zero attached hydrogens (tertiary/aromatic N) is 1. The zero-order chi connectivity index (χ0) is 17.0. The summed E-state index contributed by atoms with van der Waals surface area (Å²) in [6.45, 7) is 7.95. The van der Waals surface area contributed by atoms with E-state index in [0.29, 0.717) is 11.6 Å². The lowest BCUT2D eigenvalue weighted by molar-refractivity contribution is 0.0477. The van der Waals surface area contributed by atoms with Crippen molar-refractivity contribution >= 4 is 17.7 Å². The molecule has 128 valence electrons. The first-order chi connectivity index (χ1) is 10.7. The Morgan fingerprint density at radius 1 is 1.39 bits per heavy atom. The summed E-state index contributed by atoms with van der Waals surface area (Å²) in [6.07, 6.45) is 1.35. The molecule has 1 heterocycles. The first kappa shape index (κ1) is 18.0. The molecular formula is C17H24ClFN2O2. The van der Waals surface area contributed by atoms with E-state index in [-0.39, 0.29) is 18.0 Å². The summed E-state index contributed by atoms with van der Waals surface area (Å²) in [6, 6.07) is 4.62. The van der Waals surface area contributed by atoms with Crippen molar-refractivity contribution in [3.05, 3.63) is 34.6 Å². The van der Waals surface area contributed by atoms with Gasteiger partial charge >= 0.3 is 6.09 Å². The lowest BCUT2D eigenvalue weighted by Gasteiger charge is -2.33. The van der Waals surface area contributed by atoms with Crippen LogP contribution in [0.1, 0.15) is 39.2 Å². The molecule has 1 N–H and O–H groups in total. The molecule has 6 heteroatoms. The number of hydrogen-bond donors (Lipinski definition) is 1. The summed E-state index contributed by atoms with van der Waals surface area (Å²) in [7, 11) is 0. The van der Waals surface area contributed by atoms with Crippen molar-refractivity contribution in [3.63, 3.8) is 0 Å². The highest BCUT2D eigenvalue weighted by Gasteiger charge is 2.23. The molecule has 0 radical (unpaired) electrons. The topological polar surface area (TPSA) is 41.6 Å². The van der Waals surface area contributed by atoms with E-state index in [1.54, 1.807) is 6.07 Å². The first-order valence-corrected chi connectivity index (χ1v) is 8.26. The minimum Gasteiger partial charge on any atom is -0.444 e. The predicted molar refractivity (Wildman–Crippen MR) is 89.1 cm³/mol. The fraction of sp³-hybridized carbons (Fsp3) is 0.588. The van der Waals surface area contributed by atoms with Crippen molar-refractivity contribution in [1.29, 1.82) is 0 Å². The third-order valence-corrected chi connectivity index (χ3v) is 4.07. The van der Waals surface area contributed by atoms with Gasteiger partial charge in [-0.15, -0.1) is 0 Å². The minimum atomic E-state index is -0.482. The number of alkyl carbamates (subject to hydrolysis) is 1. The number of nitrogens with one attached hydrogen (secondary N) is 1. The van der Waals surface area contributed by atoms with Crippen LogP contribution in [0.5, 0.6) is 0 Å². The van der Waals surface area contributed by atoms with E-state index in [1.165, 1.54) is 12.1 Å². The van der Waals surface area contributed by atoms with Gasteiger partial charge in [0.05, 0.1) is 0 Å². The van der Waals surface area contributed by atoms with E-state index in [0.717, 1.165) is 31.5 Å². The maximum Gasteiger partial charge on any atom is 0.407 e. The highest BCUT2D eigenvalue weighted by molar-refractivity contribution is 6.31. The Hall–Kier alpha value is -1.33. The van der Waals surface area contributed by atoms with Gasteiger partial charge in [0.25, 0.3) is 0 Å². The van der Waals surface area contributed by atoms with Crippen LogP contribution in [-0.2, 0) is 11.3 Å². The Kier molecular flexibility index (Phi) is 5.87. The second-order valence-electron chi connectivity index (χ2n) is 6.93. The van der Waals surface area contributed by atoms with Gasteiger partial charge in [0.2, 0.25) is 0 Å². The lowest BCUT2D eigenvalue weighted by atomic mass is 10.0. The monoisotopic (exact) mass is 342 g/mol. The number of likely N-dealkylation sites (tertiary alicyclic amines) is 1. The van der Waals surface area contributed by atoms with Gasteiger partial charge in [-0.25, -0.2) is 9.18 Å². The molecule has 0 bridgehead atoms. The fourth-order valence-electron chi connectivity index (χ4n) is 2.60. The Balaban J connectivity index is 1.79. The standard InChI is InChI=1S/C17H24ClFN2O2/c1-17(2,3)23-16(22)20-14-6-8-21(9-7-14)11-12-4-5-13(19)10-15(12)18/h4-5,10,14H,6-9,11H2,1-3H3,(H,20,22). The summed E-state index contributed by atoms with van der Waals surface area (Å²) in [4.78, 5) is 14.0. The summed E-state index contributed by atoms with van der Waals surface area (Å²) < 4.78 is 18.3. The number of carbonyl (C=O) groups excluding carboxylic acids is 1. The number of ether oxygens (including phenoxy) is 1. The zero-order valence-electron chi connectivity index (χ0n) is 13.9. The van der Waals surface area contributed by atoms with Crippen molar-refractivity contribution in [2.24, 2.45) is 0 Å². The maximum atomic E-state index is 13.1. The molecule has 1 amide bonds. The molecule has 1 saturated heterocycles. The van der Waals surface area contributed by atoms with Crippen molar-refractivity contribution in [2.45, 2.75) is 51.8 Å². The smallest absolute Gasteiger partial charge is 0.407 e. The summed E-state index contributed by atoms with van der Waals surface area (Å²) >= 11 is 6.07. The van der Waals surface area contributed by atoms with E-state index in [9.17, 15) is 9.18 Å². The Bertz CT molecular complexity index is 552. The van der Waals surface area contributed by atoms with Gasteiger partial charge in [-0.05, 0) is 51.3 Å². The van der Waals surface area contributed by atoms with Crippen LogP contribution in [0, 0.1) is 5.82 Å². The van der Waals surface area contributed by atoms with E-state index in [4.69, 9.17) is 16.3 Å². The number of benzene rings is 1. The Labute approximate surface area is 141 Å². The molecule has 0 aliphatic carbocycles. The summed E-state index contributed by atoms with van der Waals surface area (Å²) in [5.41, 5.74) is 0.441. The molecule has 23 heavy (non-hydrogen) atoms. The van der Waals surface area contributed by atoms with Crippen LogP contribution in [0.4, 0.5) is 9.18 Å². The number of amides is 1. The van der Waals surface area contributed by atoms with Gasteiger partial charge < -0.3 is 10.1 Å². The van der Waals surface area contributed by atoms with Crippen molar-refractivity contribution in [3.8, 4) is 0 Å². The molecule has 0 aromatic heterocycles. The molecule has 1 aromatic rings. The predicted octanol–water partition coefficient (Wildman–Crippen LogP) is 3.97. The van der Waals surface area contributed by atoms with Crippen LogP contribution in [0.15, 0.2) is 18.2 Å². The summed E-state index contributed by atoms with van der Waals surface area (Å²) in [5.74, 6) is -0.320. The molecule has 1 aromatic carbocycles. The number of carbonyl (C=O) groups is 1. The van der Waals surface area contributed by atoms with E-state index in [1.807, 2.05) is 20.8 Å². The largest absolute Gasteiger partial charge is 0.444 e. The van der Waals surface area contributed by atoms with Crippen LogP contribution in [0.3, 0.4) is 0 Å². The molecule has 0 atom stereocenters. The second kappa shape index (κ2) is 7.49. The average Bonchev–Trinajstić information content (AvgIpc) is 2.42. The van der Waals surface area contributed by atoms with Crippen molar-refractivity contribution in [1.82, 2.24) is 10.2 Å². The van der Waals surface area contributed by atoms with Gasteiger partial charge in [0, 0.05) is 30.7 Å². The second-order valence-corrected chi connectivity index (χ2v) is 7.34. The molecule has 0 unspecified atom stereocenters. The zero-order valence-corrected chi connectivity index (χ0v) is 14.6. The summed E-state index contributed by atoms with van der Waals surface area (Å²) in [5, 5.41) is 3.37. The van der Waals surface area contributed by atoms with Crippen LogP contribution in [-0.4, -0.2) is 35.7 Å². The first-order valence-electron chi connectivity index (χ1n) is 7.89. The number of rotatable bonds is 3. The molecule has 4 nitrogen and oxygen atoms in total. The minimum absolute atomic E-state index is 0.129. The molecule has 0 saturated carbocycles. The molecule has 0 spiro atoms. The fourth-order valence-corrected chi connectivity index (χ4v) is 2.83. The van der Waals surface area contributed by atoms with Crippen LogP contribution in [0.25, 0.3) is 0 Å². The normalized spacial score (nSPS) is 17.1. The quantitative estimate of drug-likeness (QED) is 0.903. The Morgan fingerprint density at radius 2 is 2.04 bits per heavy atom. The van der Waals surface area contributed by atoms with E-state index >= 15 is 0 Å². The van der Waals surface area contributed by atoms with Gasteiger partial charge in [-0.1, -0.05) is 17.7 Å². The Morgan fingerprint density at radius 3 is 2.61 bits per heavy atom. The van der Waals surface area contributed by atoms with Gasteiger partial charge in [0.15, 0.2) is 0 Å². The highest BCUT2D eigenvalue weighted by atomic mass is 35.5. The van der Waals surface area contributed by atoms with Crippen molar-refractivity contribution < 1.29 is 13.9 Å². The molecule has 1 aliphatic rings. The third kappa shape index (κ3) is 5.99. The van der Waals surface area contributed by atoms with Gasteiger partial charge in [0.1, 0.15) is 11.4 Å². The van der Waals surface area contributed by atoms with E-state index < -0.39 is 5.60 Å². The molecule has 2 rings (SSSR count). The van der Waals surface area contributed by atoms with Crippen LogP contribution >= 0.6 is 11.6 Å². The van der Waals surface area contributed by atoms with Crippen LogP contribution < -0.4 is 5.32 Å². The molecule has 1 aliphatic heterocycles. The lowest BCUT2D eigenvalue weighted by Crippen LogP contribution is -2.45.